The third-order valence-corrected chi connectivity index (χ3v) is 2.12. The monoisotopic (exact) mass is 218 g/mol. The van der Waals surface area contributed by atoms with Gasteiger partial charge in [0.1, 0.15) is 0 Å². The first-order valence-electron chi connectivity index (χ1n) is 4.85. The minimum atomic E-state index is -0.773. The van der Waals surface area contributed by atoms with E-state index in [4.69, 9.17) is 5.73 Å². The number of imide groups is 1. The molecule has 1 aromatic rings. The first-order chi connectivity index (χ1) is 7.56. The number of nitrogens with zero attached hydrogens (tertiary/aromatic N) is 1. The number of benzene rings is 1. The third kappa shape index (κ3) is 2.70. The Morgan fingerprint density at radius 3 is 2.38 bits per heavy atom. The molecular weight excluding hydrogens is 204 g/mol. The van der Waals surface area contributed by atoms with E-state index in [0.29, 0.717) is 5.56 Å². The van der Waals surface area contributed by atoms with Crippen LogP contribution in [0.1, 0.15) is 15.9 Å². The Hall–Kier alpha value is -2.10. The van der Waals surface area contributed by atoms with Gasteiger partial charge in [0, 0.05) is 12.1 Å². The van der Waals surface area contributed by atoms with E-state index in [9.17, 15) is 9.59 Å². The van der Waals surface area contributed by atoms with Crippen LogP contribution in [0.5, 0.6) is 0 Å². The zero-order chi connectivity index (χ0) is 12.1. The Morgan fingerprint density at radius 1 is 1.38 bits per heavy atom. The van der Waals surface area contributed by atoms with Gasteiger partial charge in [0.25, 0.3) is 5.91 Å². The van der Waals surface area contributed by atoms with Crippen molar-refractivity contribution in [1.82, 2.24) is 4.90 Å². The molecule has 4 heteroatoms. The average molecular weight is 218 g/mol. The van der Waals surface area contributed by atoms with Crippen LogP contribution in [0.4, 0.5) is 4.79 Å². The molecule has 3 amide bonds. The molecule has 0 unspecified atom stereocenters. The van der Waals surface area contributed by atoms with Crippen LogP contribution >= 0.6 is 0 Å². The standard InChI is InChI=1S/C12H14N2O2/c1-3-8-14(12(13)16)11(15)10-6-4-9(2)5-7-10/h3-7H,1,8H2,2H3,(H2,13,16). The van der Waals surface area contributed by atoms with E-state index < -0.39 is 11.9 Å². The lowest BCUT2D eigenvalue weighted by molar-refractivity contribution is 0.0822. The van der Waals surface area contributed by atoms with Gasteiger partial charge in [0.15, 0.2) is 0 Å². The van der Waals surface area contributed by atoms with Gasteiger partial charge in [-0.1, -0.05) is 23.8 Å². The van der Waals surface area contributed by atoms with Crippen LogP contribution in [0.15, 0.2) is 36.9 Å². The fraction of sp³-hybridized carbons (Fsp3) is 0.167. The highest BCUT2D eigenvalue weighted by Crippen LogP contribution is 2.07. The molecule has 4 nitrogen and oxygen atoms in total. The van der Waals surface area contributed by atoms with Gasteiger partial charge in [-0.2, -0.15) is 0 Å². The molecule has 2 N–H and O–H groups in total. The van der Waals surface area contributed by atoms with Gasteiger partial charge in [-0.25, -0.2) is 4.79 Å². The number of urea groups is 1. The lowest BCUT2D eigenvalue weighted by Crippen LogP contribution is -2.40. The van der Waals surface area contributed by atoms with E-state index in [-0.39, 0.29) is 6.54 Å². The molecule has 1 aromatic carbocycles. The van der Waals surface area contributed by atoms with Crippen molar-refractivity contribution in [1.29, 1.82) is 0 Å². The maximum atomic E-state index is 11.9. The molecule has 0 fully saturated rings. The molecule has 0 aliphatic carbocycles. The lowest BCUT2D eigenvalue weighted by Gasteiger charge is -2.16. The number of aryl methyl sites for hydroxylation is 1. The fourth-order valence-corrected chi connectivity index (χ4v) is 1.25. The number of amides is 3. The van der Waals surface area contributed by atoms with E-state index in [1.807, 2.05) is 6.92 Å². The summed E-state index contributed by atoms with van der Waals surface area (Å²) in [7, 11) is 0. The van der Waals surface area contributed by atoms with Crippen molar-refractivity contribution in [2.45, 2.75) is 6.92 Å². The van der Waals surface area contributed by atoms with Gasteiger partial charge in [-0.05, 0) is 19.1 Å². The second kappa shape index (κ2) is 5.11. The van der Waals surface area contributed by atoms with Crippen molar-refractivity contribution in [3.05, 3.63) is 48.0 Å². The van der Waals surface area contributed by atoms with Crippen molar-refractivity contribution in [2.75, 3.05) is 6.54 Å². The molecule has 16 heavy (non-hydrogen) atoms. The van der Waals surface area contributed by atoms with E-state index in [1.54, 1.807) is 24.3 Å². The molecule has 0 aromatic heterocycles. The molecule has 0 saturated carbocycles. The molecule has 0 radical (unpaired) electrons. The first kappa shape index (κ1) is 12.0. The highest BCUT2D eigenvalue weighted by atomic mass is 16.2. The van der Waals surface area contributed by atoms with Crippen molar-refractivity contribution in [2.24, 2.45) is 5.73 Å². The Kier molecular flexibility index (Phi) is 3.83. The van der Waals surface area contributed by atoms with Crippen LogP contribution in [0.3, 0.4) is 0 Å². The van der Waals surface area contributed by atoms with Crippen LogP contribution < -0.4 is 5.73 Å². The molecule has 0 spiro atoms. The summed E-state index contributed by atoms with van der Waals surface area (Å²) in [6.07, 6.45) is 1.46. The maximum Gasteiger partial charge on any atom is 0.322 e. The summed E-state index contributed by atoms with van der Waals surface area (Å²) >= 11 is 0. The average Bonchev–Trinajstić information content (AvgIpc) is 2.25. The van der Waals surface area contributed by atoms with Crippen LogP contribution in [0.25, 0.3) is 0 Å². The van der Waals surface area contributed by atoms with Crippen LogP contribution in [-0.2, 0) is 0 Å². The largest absolute Gasteiger partial charge is 0.351 e. The van der Waals surface area contributed by atoms with E-state index in [0.717, 1.165) is 10.5 Å². The molecular formula is C12H14N2O2. The van der Waals surface area contributed by atoms with Crippen molar-refractivity contribution < 1.29 is 9.59 Å². The minimum Gasteiger partial charge on any atom is -0.351 e. The smallest absolute Gasteiger partial charge is 0.322 e. The number of carbonyl (C=O) groups is 2. The molecule has 0 saturated heterocycles. The van der Waals surface area contributed by atoms with E-state index in [1.165, 1.54) is 6.08 Å². The van der Waals surface area contributed by atoms with Crippen LogP contribution in [0.2, 0.25) is 0 Å². The maximum absolute atomic E-state index is 11.9. The summed E-state index contributed by atoms with van der Waals surface area (Å²) in [5.41, 5.74) is 6.59. The molecule has 0 heterocycles. The highest BCUT2D eigenvalue weighted by Gasteiger charge is 2.18. The number of primary amides is 1. The van der Waals surface area contributed by atoms with Gasteiger partial charge in [0.2, 0.25) is 0 Å². The van der Waals surface area contributed by atoms with E-state index >= 15 is 0 Å². The summed E-state index contributed by atoms with van der Waals surface area (Å²) in [4.78, 5) is 23.9. The van der Waals surface area contributed by atoms with Crippen molar-refractivity contribution in [3.63, 3.8) is 0 Å². The topological polar surface area (TPSA) is 63.4 Å². The summed E-state index contributed by atoms with van der Waals surface area (Å²) in [5.74, 6) is -0.410. The first-order valence-corrected chi connectivity index (χ1v) is 4.85. The van der Waals surface area contributed by atoms with Crippen LogP contribution in [-0.4, -0.2) is 23.4 Å². The Labute approximate surface area is 94.4 Å². The van der Waals surface area contributed by atoms with Gasteiger partial charge < -0.3 is 5.73 Å². The number of hydrogen-bond donors (Lipinski definition) is 1. The number of carbonyl (C=O) groups excluding carboxylic acids is 2. The van der Waals surface area contributed by atoms with Gasteiger partial charge >= 0.3 is 6.03 Å². The summed E-state index contributed by atoms with van der Waals surface area (Å²) in [5, 5.41) is 0. The zero-order valence-electron chi connectivity index (χ0n) is 9.14. The molecule has 0 atom stereocenters. The molecule has 0 bridgehead atoms. The third-order valence-electron chi connectivity index (χ3n) is 2.12. The van der Waals surface area contributed by atoms with Crippen LogP contribution in [0, 0.1) is 6.92 Å². The summed E-state index contributed by atoms with van der Waals surface area (Å²) in [6, 6.07) is 6.17. The number of rotatable bonds is 3. The van der Waals surface area contributed by atoms with Gasteiger partial charge in [0.05, 0.1) is 0 Å². The second-order valence-electron chi connectivity index (χ2n) is 3.41. The Bertz CT molecular complexity index is 410. The normalized spacial score (nSPS) is 9.56. The molecule has 1 rings (SSSR count). The zero-order valence-corrected chi connectivity index (χ0v) is 9.14. The summed E-state index contributed by atoms with van der Waals surface area (Å²) < 4.78 is 0. The quantitative estimate of drug-likeness (QED) is 0.785. The second-order valence-corrected chi connectivity index (χ2v) is 3.41. The SMILES string of the molecule is C=CCN(C(N)=O)C(=O)c1ccc(C)cc1. The fourth-order valence-electron chi connectivity index (χ4n) is 1.25. The van der Waals surface area contributed by atoms with Crippen molar-refractivity contribution in [3.8, 4) is 0 Å². The highest BCUT2D eigenvalue weighted by molar-refractivity contribution is 6.03. The molecule has 0 aliphatic heterocycles. The van der Waals surface area contributed by atoms with Gasteiger partial charge in [-0.3, -0.25) is 9.69 Å². The van der Waals surface area contributed by atoms with E-state index in [2.05, 4.69) is 6.58 Å². The Balaban J connectivity index is 2.94. The van der Waals surface area contributed by atoms with Crippen molar-refractivity contribution >= 4 is 11.9 Å². The number of nitrogens with two attached hydrogens (primary N) is 1. The summed E-state index contributed by atoms with van der Waals surface area (Å²) in [6.45, 7) is 5.51. The predicted octanol–water partition coefficient (Wildman–Crippen LogP) is 1.70. The Morgan fingerprint density at radius 2 is 1.94 bits per heavy atom. The molecule has 0 aliphatic rings. The number of hydrogen-bond acceptors (Lipinski definition) is 2. The lowest BCUT2D eigenvalue weighted by atomic mass is 10.1. The molecule has 84 valence electrons. The minimum absolute atomic E-state index is 0.113. The van der Waals surface area contributed by atoms with Gasteiger partial charge in [-0.15, -0.1) is 6.58 Å². The predicted molar refractivity (Wildman–Crippen MR) is 62.0 cm³/mol.